The summed E-state index contributed by atoms with van der Waals surface area (Å²) in [5.74, 6) is 0.451. The molecule has 1 N–H and O–H groups in total. The van der Waals surface area contributed by atoms with Gasteiger partial charge in [-0.25, -0.2) is 0 Å². The molecule has 0 spiro atoms. The number of methoxy groups -OCH3 is 1. The smallest absolute Gasteiger partial charge is 0.0617 e. The van der Waals surface area contributed by atoms with Crippen molar-refractivity contribution in [1.29, 1.82) is 0 Å². The van der Waals surface area contributed by atoms with Crippen LogP contribution in [-0.4, -0.2) is 25.3 Å². The van der Waals surface area contributed by atoms with Gasteiger partial charge in [0.15, 0.2) is 0 Å². The summed E-state index contributed by atoms with van der Waals surface area (Å²) in [6.07, 6.45) is 13.8. The molecule has 0 aromatic heterocycles. The summed E-state index contributed by atoms with van der Waals surface area (Å²) in [6.45, 7) is 12.2. The Morgan fingerprint density at radius 2 is 1.71 bits per heavy atom. The molecule has 0 bridgehead atoms. The molecule has 21 heavy (non-hydrogen) atoms. The average Bonchev–Trinajstić information content (AvgIpc) is 2.49. The maximum absolute atomic E-state index is 5.52. The van der Waals surface area contributed by atoms with Crippen LogP contribution in [0.5, 0.6) is 0 Å². The molecule has 0 aliphatic heterocycles. The largest absolute Gasteiger partial charge is 0.381 e. The molecule has 0 aromatic carbocycles. The molecule has 0 rings (SSSR count). The second kappa shape index (κ2) is 12.2. The Kier molecular flexibility index (Phi) is 12.0. The minimum Gasteiger partial charge on any atom is -0.381 e. The normalized spacial score (nSPS) is 17.8. The number of rotatable bonds is 13. The van der Waals surface area contributed by atoms with Gasteiger partial charge < -0.3 is 10.1 Å². The van der Waals surface area contributed by atoms with E-state index in [1.165, 1.54) is 44.9 Å². The molecule has 3 atom stereocenters. The first-order valence-electron chi connectivity index (χ1n) is 8.93. The van der Waals surface area contributed by atoms with Crippen LogP contribution in [0.2, 0.25) is 0 Å². The zero-order chi connectivity index (χ0) is 16.1. The number of hydrogen-bond acceptors (Lipinski definition) is 2. The van der Waals surface area contributed by atoms with Crippen LogP contribution in [0.25, 0.3) is 0 Å². The highest BCUT2D eigenvalue weighted by molar-refractivity contribution is 4.93. The van der Waals surface area contributed by atoms with Gasteiger partial charge in [0.1, 0.15) is 0 Å². The number of unbranched alkanes of at least 4 members (excludes halogenated alkanes) is 3. The molecule has 0 fully saturated rings. The van der Waals surface area contributed by atoms with E-state index >= 15 is 0 Å². The lowest BCUT2D eigenvalue weighted by Gasteiger charge is -2.34. The van der Waals surface area contributed by atoms with Gasteiger partial charge in [-0.15, -0.1) is 0 Å². The number of ether oxygens (including phenoxy) is 1. The summed E-state index contributed by atoms with van der Waals surface area (Å²) in [5.41, 5.74) is 0.276. The van der Waals surface area contributed by atoms with E-state index in [1.54, 1.807) is 7.11 Å². The Balaban J connectivity index is 4.54. The summed E-state index contributed by atoms with van der Waals surface area (Å²) in [6, 6.07) is 0. The van der Waals surface area contributed by atoms with Crippen molar-refractivity contribution < 1.29 is 4.74 Å². The molecule has 0 amide bonds. The highest BCUT2D eigenvalue weighted by Crippen LogP contribution is 2.22. The van der Waals surface area contributed by atoms with E-state index < -0.39 is 0 Å². The van der Waals surface area contributed by atoms with Gasteiger partial charge in [0, 0.05) is 25.1 Å². The molecule has 0 aromatic rings. The third-order valence-corrected chi connectivity index (χ3v) is 4.59. The highest BCUT2D eigenvalue weighted by Gasteiger charge is 2.24. The first kappa shape index (κ1) is 20.7. The Morgan fingerprint density at radius 3 is 2.24 bits per heavy atom. The van der Waals surface area contributed by atoms with Crippen molar-refractivity contribution in [2.45, 2.75) is 91.2 Å². The van der Waals surface area contributed by atoms with Crippen molar-refractivity contribution in [3.63, 3.8) is 0 Å². The van der Waals surface area contributed by atoms with E-state index in [9.17, 15) is 0 Å². The predicted molar refractivity (Wildman–Crippen MR) is 94.8 cm³/mol. The maximum atomic E-state index is 5.52. The fourth-order valence-corrected chi connectivity index (χ4v) is 2.81. The Morgan fingerprint density at radius 1 is 1.10 bits per heavy atom. The standard InChI is InChI=1S/C19H39NO/c1-7-10-12-15-19(5,14-11-8-2)20-16-18(13-9-3)17(4)21-6/h9,13,17-18,20H,7-8,10-12,14-16H2,1-6H3. The SMILES string of the molecule is CC=CC(CNC(C)(CCCC)CCCCC)C(C)OC. The molecule has 0 radical (unpaired) electrons. The summed E-state index contributed by atoms with van der Waals surface area (Å²) in [4.78, 5) is 0. The van der Waals surface area contributed by atoms with Crippen LogP contribution in [0.1, 0.15) is 79.6 Å². The highest BCUT2D eigenvalue weighted by atomic mass is 16.5. The Hall–Kier alpha value is -0.340. The lowest BCUT2D eigenvalue weighted by molar-refractivity contribution is 0.0793. The van der Waals surface area contributed by atoms with Gasteiger partial charge in [0.05, 0.1) is 6.10 Å². The molecule has 2 nitrogen and oxygen atoms in total. The lowest BCUT2D eigenvalue weighted by Crippen LogP contribution is -2.46. The lowest BCUT2D eigenvalue weighted by atomic mass is 9.88. The van der Waals surface area contributed by atoms with Crippen LogP contribution in [-0.2, 0) is 4.74 Å². The molecule has 2 heteroatoms. The van der Waals surface area contributed by atoms with Gasteiger partial charge in [-0.3, -0.25) is 0 Å². The van der Waals surface area contributed by atoms with Gasteiger partial charge in [-0.2, -0.15) is 0 Å². The van der Waals surface area contributed by atoms with Gasteiger partial charge >= 0.3 is 0 Å². The van der Waals surface area contributed by atoms with Crippen LogP contribution in [0.15, 0.2) is 12.2 Å². The van der Waals surface area contributed by atoms with Crippen LogP contribution >= 0.6 is 0 Å². The topological polar surface area (TPSA) is 21.3 Å². The zero-order valence-electron chi connectivity index (χ0n) is 15.4. The van der Waals surface area contributed by atoms with Gasteiger partial charge in [0.25, 0.3) is 0 Å². The summed E-state index contributed by atoms with van der Waals surface area (Å²) < 4.78 is 5.52. The van der Waals surface area contributed by atoms with Crippen LogP contribution in [0.3, 0.4) is 0 Å². The molecular formula is C19H39NO. The van der Waals surface area contributed by atoms with Crippen molar-refractivity contribution in [2.24, 2.45) is 5.92 Å². The van der Waals surface area contributed by atoms with Crippen molar-refractivity contribution in [3.05, 3.63) is 12.2 Å². The second-order valence-corrected chi connectivity index (χ2v) is 6.63. The Bertz CT molecular complexity index is 264. The van der Waals surface area contributed by atoms with Crippen LogP contribution in [0.4, 0.5) is 0 Å². The summed E-state index contributed by atoms with van der Waals surface area (Å²) >= 11 is 0. The maximum Gasteiger partial charge on any atom is 0.0617 e. The Labute approximate surface area is 133 Å². The third kappa shape index (κ3) is 9.31. The molecule has 0 saturated heterocycles. The van der Waals surface area contributed by atoms with Crippen molar-refractivity contribution in [3.8, 4) is 0 Å². The molecule has 0 aliphatic carbocycles. The van der Waals surface area contributed by atoms with Crippen LogP contribution in [0, 0.1) is 5.92 Å². The van der Waals surface area contributed by atoms with Crippen molar-refractivity contribution >= 4 is 0 Å². The third-order valence-electron chi connectivity index (χ3n) is 4.59. The second-order valence-electron chi connectivity index (χ2n) is 6.63. The number of allylic oxidation sites excluding steroid dienone is 1. The van der Waals surface area contributed by atoms with Crippen molar-refractivity contribution in [1.82, 2.24) is 5.32 Å². The minimum atomic E-state index is 0.264. The zero-order valence-corrected chi connectivity index (χ0v) is 15.4. The molecule has 3 unspecified atom stereocenters. The van der Waals surface area contributed by atoms with Gasteiger partial charge in [0.2, 0.25) is 0 Å². The van der Waals surface area contributed by atoms with Gasteiger partial charge in [-0.1, -0.05) is 58.1 Å². The average molecular weight is 298 g/mol. The first-order valence-corrected chi connectivity index (χ1v) is 8.93. The molecular weight excluding hydrogens is 258 g/mol. The van der Waals surface area contributed by atoms with E-state index in [0.29, 0.717) is 5.92 Å². The fourth-order valence-electron chi connectivity index (χ4n) is 2.81. The monoisotopic (exact) mass is 297 g/mol. The van der Waals surface area contributed by atoms with Crippen molar-refractivity contribution in [2.75, 3.05) is 13.7 Å². The van der Waals surface area contributed by atoms with Gasteiger partial charge in [-0.05, 0) is 33.6 Å². The first-order chi connectivity index (χ1) is 10.0. The van der Waals surface area contributed by atoms with E-state index in [4.69, 9.17) is 4.74 Å². The molecule has 0 heterocycles. The predicted octanol–water partition coefficient (Wildman–Crippen LogP) is 5.33. The number of hydrogen-bond donors (Lipinski definition) is 1. The summed E-state index contributed by atoms with van der Waals surface area (Å²) in [5, 5.41) is 3.86. The summed E-state index contributed by atoms with van der Waals surface area (Å²) in [7, 11) is 1.80. The van der Waals surface area contributed by atoms with E-state index in [2.05, 4.69) is 52.1 Å². The quantitative estimate of drug-likeness (QED) is 0.366. The van der Waals surface area contributed by atoms with E-state index in [0.717, 1.165) is 6.54 Å². The number of nitrogens with one attached hydrogen (secondary N) is 1. The van der Waals surface area contributed by atoms with Crippen LogP contribution < -0.4 is 5.32 Å². The molecule has 0 aliphatic rings. The molecule has 0 saturated carbocycles. The molecule has 126 valence electrons. The minimum absolute atomic E-state index is 0.264. The van der Waals surface area contributed by atoms with E-state index in [1.807, 2.05) is 0 Å². The fraction of sp³-hybridized carbons (Fsp3) is 0.895. The van der Waals surface area contributed by atoms with E-state index in [-0.39, 0.29) is 11.6 Å².